The first-order chi connectivity index (χ1) is 8.67. The molecule has 0 bridgehead atoms. The quantitative estimate of drug-likeness (QED) is 0.933. The van der Waals surface area contributed by atoms with Crippen LogP contribution in [-0.4, -0.2) is 21.6 Å². The van der Waals surface area contributed by atoms with Crippen molar-refractivity contribution in [3.8, 4) is 5.82 Å². The molecule has 0 aliphatic carbocycles. The van der Waals surface area contributed by atoms with Crippen LogP contribution in [0.5, 0.6) is 0 Å². The van der Waals surface area contributed by atoms with Gasteiger partial charge in [0, 0.05) is 25.9 Å². The lowest BCUT2D eigenvalue weighted by molar-refractivity contribution is 0.799. The number of aromatic nitrogens is 3. The fourth-order valence-electron chi connectivity index (χ4n) is 1.74. The summed E-state index contributed by atoms with van der Waals surface area (Å²) in [6.07, 6.45) is 5.49. The minimum absolute atomic E-state index is 0.503. The van der Waals surface area contributed by atoms with Crippen LogP contribution >= 0.6 is 23.2 Å². The lowest BCUT2D eigenvalue weighted by Crippen LogP contribution is -2.05. The van der Waals surface area contributed by atoms with Gasteiger partial charge in [0.25, 0.3) is 0 Å². The van der Waals surface area contributed by atoms with Gasteiger partial charge < -0.3 is 5.32 Å². The molecule has 18 heavy (non-hydrogen) atoms. The van der Waals surface area contributed by atoms with E-state index in [9.17, 15) is 0 Å². The maximum absolute atomic E-state index is 6.20. The van der Waals surface area contributed by atoms with Crippen molar-refractivity contribution in [1.29, 1.82) is 0 Å². The van der Waals surface area contributed by atoms with Gasteiger partial charge in [0.05, 0.1) is 10.0 Å². The largest absolute Gasteiger partial charge is 0.372 e. The van der Waals surface area contributed by atoms with Crippen molar-refractivity contribution in [2.45, 2.75) is 19.8 Å². The van der Waals surface area contributed by atoms with Crippen molar-refractivity contribution >= 4 is 29.0 Å². The van der Waals surface area contributed by atoms with Crippen LogP contribution in [0.3, 0.4) is 0 Å². The summed E-state index contributed by atoms with van der Waals surface area (Å²) in [5, 5.41) is 3.95. The smallest absolute Gasteiger partial charge is 0.159 e. The van der Waals surface area contributed by atoms with Gasteiger partial charge in [-0.05, 0) is 12.5 Å². The van der Waals surface area contributed by atoms with E-state index < -0.39 is 0 Å². The van der Waals surface area contributed by atoms with Gasteiger partial charge in [-0.15, -0.1) is 0 Å². The highest BCUT2D eigenvalue weighted by atomic mass is 35.5. The molecule has 0 spiro atoms. The fourth-order valence-corrected chi connectivity index (χ4v) is 2.28. The molecule has 0 fully saturated rings. The molecular formula is C12H14Cl2N4. The molecule has 96 valence electrons. The van der Waals surface area contributed by atoms with E-state index in [1.54, 1.807) is 19.3 Å². The van der Waals surface area contributed by atoms with Crippen LogP contribution in [0.25, 0.3) is 5.82 Å². The fraction of sp³-hybridized carbons (Fsp3) is 0.333. The predicted octanol–water partition coefficient (Wildman–Crippen LogP) is 3.57. The molecule has 2 rings (SSSR count). The van der Waals surface area contributed by atoms with E-state index >= 15 is 0 Å². The van der Waals surface area contributed by atoms with Crippen LogP contribution in [0.1, 0.15) is 19.2 Å². The maximum Gasteiger partial charge on any atom is 0.159 e. The predicted molar refractivity (Wildman–Crippen MR) is 74.9 cm³/mol. The number of aryl methyl sites for hydroxylation is 1. The summed E-state index contributed by atoms with van der Waals surface area (Å²) in [4.78, 5) is 8.74. The minimum atomic E-state index is 0.503. The molecular weight excluding hydrogens is 271 g/mol. The van der Waals surface area contributed by atoms with Crippen molar-refractivity contribution in [2.24, 2.45) is 0 Å². The molecule has 0 radical (unpaired) electrons. The Hall–Kier alpha value is -1.26. The number of halogens is 2. The lowest BCUT2D eigenvalue weighted by Gasteiger charge is -2.11. The first-order valence-electron chi connectivity index (χ1n) is 5.73. The topological polar surface area (TPSA) is 42.7 Å². The van der Waals surface area contributed by atoms with Crippen molar-refractivity contribution in [3.63, 3.8) is 0 Å². The Kier molecular flexibility index (Phi) is 4.09. The highest BCUT2D eigenvalue weighted by molar-refractivity contribution is 6.36. The standard InChI is InChI=1S/C12H14Cl2N4/c1-3-4-10-16-5-6-18(10)12-9(14)7-8(13)11(15-2)17-12/h5-7H,3-4H2,1-2H3,(H,15,17). The number of nitrogens with one attached hydrogen (secondary N) is 1. The Labute approximate surface area is 116 Å². The molecule has 2 aromatic heterocycles. The number of hydrogen-bond donors (Lipinski definition) is 1. The van der Waals surface area contributed by atoms with Crippen molar-refractivity contribution in [2.75, 3.05) is 12.4 Å². The highest BCUT2D eigenvalue weighted by Gasteiger charge is 2.12. The second-order valence-electron chi connectivity index (χ2n) is 3.84. The van der Waals surface area contributed by atoms with Crippen LogP contribution in [0.2, 0.25) is 10.0 Å². The van der Waals surface area contributed by atoms with E-state index in [1.165, 1.54) is 0 Å². The summed E-state index contributed by atoms with van der Waals surface area (Å²) in [6, 6.07) is 1.69. The zero-order valence-corrected chi connectivity index (χ0v) is 11.8. The Morgan fingerprint density at radius 1 is 1.33 bits per heavy atom. The second-order valence-corrected chi connectivity index (χ2v) is 4.65. The summed E-state index contributed by atoms with van der Waals surface area (Å²) >= 11 is 12.2. The minimum Gasteiger partial charge on any atom is -0.372 e. The number of hydrogen-bond acceptors (Lipinski definition) is 3. The molecule has 6 heteroatoms. The van der Waals surface area contributed by atoms with E-state index in [0.717, 1.165) is 18.7 Å². The maximum atomic E-state index is 6.20. The van der Waals surface area contributed by atoms with Crippen LogP contribution in [0, 0.1) is 0 Å². The van der Waals surface area contributed by atoms with E-state index in [-0.39, 0.29) is 0 Å². The van der Waals surface area contributed by atoms with Crippen LogP contribution in [0.4, 0.5) is 5.82 Å². The third-order valence-corrected chi connectivity index (χ3v) is 3.13. The number of rotatable bonds is 4. The Morgan fingerprint density at radius 3 is 2.78 bits per heavy atom. The van der Waals surface area contributed by atoms with Crippen molar-refractivity contribution in [3.05, 3.63) is 34.3 Å². The van der Waals surface area contributed by atoms with E-state index in [0.29, 0.717) is 21.7 Å². The van der Waals surface area contributed by atoms with Crippen LogP contribution in [0.15, 0.2) is 18.5 Å². The van der Waals surface area contributed by atoms with Crippen molar-refractivity contribution < 1.29 is 0 Å². The van der Waals surface area contributed by atoms with Crippen molar-refractivity contribution in [1.82, 2.24) is 14.5 Å². The molecule has 0 aromatic carbocycles. The number of imidazole rings is 1. The van der Waals surface area contributed by atoms with Gasteiger partial charge in [0.1, 0.15) is 11.6 Å². The van der Waals surface area contributed by atoms with Crippen LogP contribution in [-0.2, 0) is 6.42 Å². The molecule has 0 amide bonds. The molecule has 2 heterocycles. The lowest BCUT2D eigenvalue weighted by atomic mass is 10.3. The molecule has 0 aliphatic heterocycles. The third kappa shape index (κ3) is 2.44. The molecule has 1 N–H and O–H groups in total. The van der Waals surface area contributed by atoms with Gasteiger partial charge >= 0.3 is 0 Å². The third-order valence-electron chi connectivity index (χ3n) is 2.57. The average Bonchev–Trinajstić information content (AvgIpc) is 2.78. The number of anilines is 1. The van der Waals surface area contributed by atoms with Gasteiger partial charge in [-0.2, -0.15) is 0 Å². The van der Waals surface area contributed by atoms with Crippen LogP contribution < -0.4 is 5.32 Å². The van der Waals surface area contributed by atoms with Gasteiger partial charge in [-0.3, -0.25) is 4.57 Å². The monoisotopic (exact) mass is 284 g/mol. The van der Waals surface area contributed by atoms with Gasteiger partial charge in [-0.1, -0.05) is 30.1 Å². The molecule has 0 atom stereocenters. The molecule has 2 aromatic rings. The number of pyridine rings is 1. The Bertz CT molecular complexity index is 551. The van der Waals surface area contributed by atoms with Gasteiger partial charge in [0.2, 0.25) is 0 Å². The molecule has 0 aliphatic rings. The summed E-state index contributed by atoms with van der Waals surface area (Å²) in [6.45, 7) is 2.11. The Balaban J connectivity index is 2.52. The van der Waals surface area contributed by atoms with Gasteiger partial charge in [-0.25, -0.2) is 9.97 Å². The first kappa shape index (κ1) is 13.2. The summed E-state index contributed by atoms with van der Waals surface area (Å²) in [5.74, 6) is 2.19. The van der Waals surface area contributed by atoms with Gasteiger partial charge in [0.15, 0.2) is 5.82 Å². The summed E-state index contributed by atoms with van der Waals surface area (Å²) < 4.78 is 1.89. The zero-order chi connectivity index (χ0) is 13.1. The first-order valence-corrected chi connectivity index (χ1v) is 6.49. The zero-order valence-electron chi connectivity index (χ0n) is 10.2. The highest BCUT2D eigenvalue weighted by Crippen LogP contribution is 2.28. The summed E-state index contributed by atoms with van der Waals surface area (Å²) in [5.41, 5.74) is 0. The average molecular weight is 285 g/mol. The van der Waals surface area contributed by atoms with E-state index in [2.05, 4.69) is 22.2 Å². The molecule has 0 unspecified atom stereocenters. The summed E-state index contributed by atoms with van der Waals surface area (Å²) in [7, 11) is 1.77. The second kappa shape index (κ2) is 5.59. The molecule has 0 saturated heterocycles. The molecule has 0 saturated carbocycles. The van der Waals surface area contributed by atoms with E-state index in [1.807, 2.05) is 10.8 Å². The van der Waals surface area contributed by atoms with E-state index in [4.69, 9.17) is 23.2 Å². The number of nitrogens with zero attached hydrogens (tertiary/aromatic N) is 3. The SMILES string of the molecule is CCCc1nccn1-c1nc(NC)c(Cl)cc1Cl. The molecule has 4 nitrogen and oxygen atoms in total. The normalized spacial score (nSPS) is 10.7. The Morgan fingerprint density at radius 2 is 2.11 bits per heavy atom.